The van der Waals surface area contributed by atoms with Crippen LogP contribution in [0.2, 0.25) is 0 Å². The van der Waals surface area contributed by atoms with Gasteiger partial charge in [-0.25, -0.2) is 33.7 Å². The van der Waals surface area contributed by atoms with Gasteiger partial charge in [0.1, 0.15) is 40.4 Å². The lowest BCUT2D eigenvalue weighted by atomic mass is 9.88. The molecule has 9 aromatic heterocycles. The van der Waals surface area contributed by atoms with Gasteiger partial charge in [-0.05, 0) is 158 Å². The highest BCUT2D eigenvalue weighted by Gasteiger charge is 2.34. The van der Waals surface area contributed by atoms with Gasteiger partial charge >= 0.3 is 0 Å². The molecule has 2 aliphatic carbocycles. The summed E-state index contributed by atoms with van der Waals surface area (Å²) in [6, 6.07) is 27.9. The third-order valence-corrected chi connectivity index (χ3v) is 20.2. The topological polar surface area (TPSA) is 250 Å². The number of carbonyl (C=O) groups excluding carboxylic acids is 3. The summed E-state index contributed by atoms with van der Waals surface area (Å²) in [6.07, 6.45) is 24.9. The third kappa shape index (κ3) is 14.2. The second kappa shape index (κ2) is 28.7. The molecule has 24 heteroatoms. The maximum absolute atomic E-state index is 13.7. The van der Waals surface area contributed by atoms with Crippen molar-refractivity contribution in [1.82, 2.24) is 59.2 Å². The Balaban J connectivity index is 0.000000125. The number of ketones is 1. The highest BCUT2D eigenvalue weighted by molar-refractivity contribution is 6.08. The van der Waals surface area contributed by atoms with Crippen LogP contribution in [0.4, 0.5) is 54.7 Å². The number of Topliss-reactive ketones (excluding diaryl/α,β-unsaturated/α-hetero) is 1. The number of hydrogen-bond acceptors (Lipinski definition) is 18. The molecule has 103 heavy (non-hydrogen) atoms. The lowest BCUT2D eigenvalue weighted by Gasteiger charge is -2.40. The Bertz CT molecular complexity index is 5010. The predicted molar refractivity (Wildman–Crippen MR) is 394 cm³/mol. The van der Waals surface area contributed by atoms with Crippen molar-refractivity contribution in [2.24, 2.45) is 5.41 Å². The minimum atomic E-state index is -0.347. The lowest BCUT2D eigenvalue weighted by Crippen LogP contribution is -2.48. The van der Waals surface area contributed by atoms with Crippen molar-refractivity contribution >= 4 is 74.8 Å². The molecule has 0 bridgehead atoms. The Morgan fingerprint density at radius 1 is 0.583 bits per heavy atom. The van der Waals surface area contributed by atoms with Gasteiger partial charge in [-0.2, -0.15) is 0 Å². The first-order valence-corrected chi connectivity index (χ1v) is 35.2. The highest BCUT2D eigenvalue weighted by atomic mass is 19.1. The van der Waals surface area contributed by atoms with Gasteiger partial charge in [-0.3, -0.25) is 33.2 Å². The number of hydrogen-bond donors (Lipinski definition) is 6. The SMILES string of the molecule is CC(C)(C)[C@H]1CN(c2ccc(Nc3ncc(-c4ccncc4)c4c3C(=O)NC4)cc2)CCO1.CN(C)Cc1cc(Nc2ncc(-c3cnc4cc(F)ccn34)c3c2C(=O)NC3)cnc1C1CCCC1.O=C1CCc2c(-c3cnc4cc(F)ccn34)cnc(Nc3ccc(N4CCC(O)CC4)cc3)c21. The van der Waals surface area contributed by atoms with Crippen LogP contribution in [0.3, 0.4) is 0 Å². The van der Waals surface area contributed by atoms with Gasteiger partial charge in [0.25, 0.3) is 11.8 Å². The van der Waals surface area contributed by atoms with Crippen LogP contribution in [0.25, 0.3) is 44.9 Å². The number of halogens is 2. The van der Waals surface area contributed by atoms with E-state index in [1.165, 1.54) is 66.9 Å². The van der Waals surface area contributed by atoms with Gasteiger partial charge in [0.15, 0.2) is 5.78 Å². The van der Waals surface area contributed by atoms with Gasteiger partial charge in [-0.15, -0.1) is 0 Å². The van der Waals surface area contributed by atoms with Gasteiger partial charge in [0.2, 0.25) is 0 Å². The molecule has 22 nitrogen and oxygen atoms in total. The van der Waals surface area contributed by atoms with Crippen LogP contribution in [0.15, 0.2) is 153 Å². The Hall–Kier alpha value is -11.1. The van der Waals surface area contributed by atoms with E-state index in [0.29, 0.717) is 77.3 Å². The van der Waals surface area contributed by atoms with Crippen molar-refractivity contribution in [2.45, 2.75) is 110 Å². The van der Waals surface area contributed by atoms with E-state index in [-0.39, 0.29) is 46.9 Å². The van der Waals surface area contributed by atoms with E-state index >= 15 is 0 Å². The number of amides is 2. The number of aliphatic hydroxyl groups excluding tert-OH is 1. The number of benzene rings is 2. The normalized spacial score (nSPS) is 16.6. The number of ether oxygens (including phenoxy) is 1. The van der Waals surface area contributed by atoms with Crippen LogP contribution < -0.4 is 36.4 Å². The number of carbonyl (C=O) groups is 3. The van der Waals surface area contributed by atoms with Crippen LogP contribution in [-0.4, -0.2) is 130 Å². The minimum absolute atomic E-state index is 0.0650. The Morgan fingerprint density at radius 2 is 1.12 bits per heavy atom. The molecular weight excluding hydrogens is 1300 g/mol. The molecule has 0 unspecified atom stereocenters. The molecule has 0 spiro atoms. The van der Waals surface area contributed by atoms with Crippen molar-refractivity contribution in [3.63, 3.8) is 0 Å². The average Bonchev–Trinajstić information content (AvgIpc) is 1.64. The molecule has 6 aliphatic rings. The zero-order valence-electron chi connectivity index (χ0n) is 58.2. The molecule has 11 aromatic rings. The van der Waals surface area contributed by atoms with Gasteiger partial charge in [0.05, 0.1) is 71.2 Å². The molecule has 3 fully saturated rings. The summed E-state index contributed by atoms with van der Waals surface area (Å²) < 4.78 is 36.9. The van der Waals surface area contributed by atoms with E-state index < -0.39 is 0 Å². The smallest absolute Gasteiger partial charge is 0.255 e. The molecule has 526 valence electrons. The fourth-order valence-corrected chi connectivity index (χ4v) is 14.8. The predicted octanol–water partition coefficient (Wildman–Crippen LogP) is 13.4. The van der Waals surface area contributed by atoms with E-state index in [9.17, 15) is 28.3 Å². The number of piperidine rings is 1. The molecule has 6 N–H and O–H groups in total. The number of fused-ring (bicyclic) bond motifs is 5. The summed E-state index contributed by atoms with van der Waals surface area (Å²) in [4.78, 5) is 76.5. The first-order chi connectivity index (χ1) is 49.9. The number of morpholine rings is 1. The van der Waals surface area contributed by atoms with Crippen LogP contribution in [0.5, 0.6) is 0 Å². The number of anilines is 8. The van der Waals surface area contributed by atoms with Crippen molar-refractivity contribution in [3.05, 3.63) is 209 Å². The van der Waals surface area contributed by atoms with E-state index in [0.717, 1.165) is 125 Å². The number of imidazole rings is 2. The lowest BCUT2D eigenvalue weighted by molar-refractivity contribution is -0.0265. The van der Waals surface area contributed by atoms with Crippen LogP contribution >= 0.6 is 0 Å². The first-order valence-electron chi connectivity index (χ1n) is 35.2. The fourth-order valence-electron chi connectivity index (χ4n) is 14.8. The third-order valence-electron chi connectivity index (χ3n) is 20.2. The molecule has 13 heterocycles. The summed E-state index contributed by atoms with van der Waals surface area (Å²) >= 11 is 0. The number of aliphatic hydroxyl groups is 1. The number of rotatable bonds is 14. The van der Waals surface area contributed by atoms with Crippen molar-refractivity contribution in [1.29, 1.82) is 0 Å². The molecular formula is C79H81F2N17O5. The molecule has 0 radical (unpaired) electrons. The summed E-state index contributed by atoms with van der Waals surface area (Å²) in [5, 5.41) is 25.6. The molecule has 1 atom stereocenters. The largest absolute Gasteiger partial charge is 0.393 e. The van der Waals surface area contributed by atoms with Crippen LogP contribution in [-0.2, 0) is 30.8 Å². The van der Waals surface area contributed by atoms with Crippen molar-refractivity contribution in [3.8, 4) is 33.6 Å². The minimum Gasteiger partial charge on any atom is -0.393 e. The zero-order chi connectivity index (χ0) is 71.0. The highest BCUT2D eigenvalue weighted by Crippen LogP contribution is 2.41. The van der Waals surface area contributed by atoms with E-state index in [4.69, 9.17) is 9.72 Å². The van der Waals surface area contributed by atoms with Crippen molar-refractivity contribution < 1.29 is 33.0 Å². The van der Waals surface area contributed by atoms with Crippen molar-refractivity contribution in [2.75, 3.05) is 72.6 Å². The molecule has 2 amide bonds. The number of nitrogens with one attached hydrogen (secondary N) is 5. The van der Waals surface area contributed by atoms with Crippen LogP contribution in [0.1, 0.15) is 131 Å². The van der Waals surface area contributed by atoms with Gasteiger partial charge in [-0.1, -0.05) is 33.6 Å². The Morgan fingerprint density at radius 3 is 1.69 bits per heavy atom. The summed E-state index contributed by atoms with van der Waals surface area (Å²) in [7, 11) is 4.12. The summed E-state index contributed by atoms with van der Waals surface area (Å²) in [5.74, 6) is 1.23. The maximum Gasteiger partial charge on any atom is 0.255 e. The first kappa shape index (κ1) is 67.7. The fraction of sp³-hybridized carbons (Fsp3) is 0.316. The van der Waals surface area contributed by atoms with Gasteiger partial charge < -0.3 is 51.1 Å². The number of nitrogens with zero attached hydrogens (tertiary/aromatic N) is 12. The second-order valence-electron chi connectivity index (χ2n) is 28.4. The Labute approximate surface area is 595 Å². The number of aromatic nitrogens is 9. The standard InChI is InChI=1S/C27H28FN7O.C26H24FN5O2.C26H29N5O2/c1-34(2)15-17-9-19(11-30-25(17)16-5-3-4-6-16)33-26-24-21(13-32-27(24)36)20(12-31-26)22-14-29-23-10-18(28)7-8-35(22)23;27-16-7-12-32-22(15-28-24(32)13-16)21-14-29-26(25-20(21)5-6-23(25)34)30-17-1-3-18(4-2-17)31-10-8-19(33)9-11-31;1-26(2,3)22-16-31(12-13-33-22)19-6-4-18(5-7-19)30-24-23-21(15-29-25(23)32)20(14-28-24)17-8-10-27-11-9-17/h7-12,14,16H,3-6,13,15H2,1-2H3,(H,31,33)(H,32,36);1-4,7,12-15,19,33H,5-6,8-11H2,(H,29,30);4-11,14,22H,12-13,15-16H2,1-3H3,(H,28,30)(H,29,32)/t;;22-/m..1/s1. The second-order valence-corrected chi connectivity index (χ2v) is 28.4. The molecule has 4 aliphatic heterocycles. The Kier molecular flexibility index (Phi) is 18.9. The van der Waals surface area contributed by atoms with E-state index in [1.807, 2.05) is 65.3 Å². The maximum atomic E-state index is 13.7. The molecule has 2 aromatic carbocycles. The van der Waals surface area contributed by atoms with E-state index in [1.54, 1.807) is 54.0 Å². The molecule has 2 saturated heterocycles. The summed E-state index contributed by atoms with van der Waals surface area (Å²) in [6.45, 7) is 12.5. The quantitative estimate of drug-likeness (QED) is 0.0592. The average molecular weight is 1390 g/mol. The monoisotopic (exact) mass is 1390 g/mol. The van der Waals surface area contributed by atoms with Crippen LogP contribution in [0, 0.1) is 17.0 Å². The molecule has 1 saturated carbocycles. The van der Waals surface area contributed by atoms with E-state index in [2.05, 4.69) is 124 Å². The zero-order valence-corrected chi connectivity index (χ0v) is 58.2. The van der Waals surface area contributed by atoms with Gasteiger partial charge in [0, 0.05) is 159 Å². The number of pyridine rings is 7. The summed E-state index contributed by atoms with van der Waals surface area (Å²) in [5.41, 5.74) is 17.9. The molecule has 17 rings (SSSR count).